The van der Waals surface area contributed by atoms with Crippen molar-refractivity contribution in [3.05, 3.63) is 37.1 Å². The largest absolute Gasteiger partial charge is 0.381 e. The van der Waals surface area contributed by atoms with E-state index in [-0.39, 0.29) is 5.41 Å². The van der Waals surface area contributed by atoms with Gasteiger partial charge in [0, 0.05) is 25.2 Å². The van der Waals surface area contributed by atoms with Crippen LogP contribution in [0.25, 0.3) is 0 Å². The Hall–Kier alpha value is -0.980. The summed E-state index contributed by atoms with van der Waals surface area (Å²) in [5.41, 5.74) is 1.36. The van der Waals surface area contributed by atoms with Crippen LogP contribution in [-0.2, 0) is 0 Å². The van der Waals surface area contributed by atoms with E-state index in [4.69, 9.17) is 0 Å². The van der Waals surface area contributed by atoms with Crippen molar-refractivity contribution in [2.45, 2.75) is 26.7 Å². The van der Waals surface area contributed by atoms with Gasteiger partial charge in [-0.3, -0.25) is 0 Å². The third-order valence-corrected chi connectivity index (χ3v) is 2.86. The number of nitrogens with zero attached hydrogens (tertiary/aromatic N) is 1. The lowest BCUT2D eigenvalue weighted by Crippen LogP contribution is -2.27. The molecule has 0 aliphatic heterocycles. The molecule has 0 N–H and O–H groups in total. The van der Waals surface area contributed by atoms with Crippen LogP contribution in [0.3, 0.4) is 0 Å². The van der Waals surface area contributed by atoms with Gasteiger partial charge in [-0.1, -0.05) is 45.2 Å². The predicted molar refractivity (Wildman–Crippen MR) is 65.2 cm³/mol. The van der Waals surface area contributed by atoms with Crippen LogP contribution in [0.15, 0.2) is 37.1 Å². The van der Waals surface area contributed by atoms with Crippen molar-refractivity contribution in [3.63, 3.8) is 0 Å². The second kappa shape index (κ2) is 5.69. The highest BCUT2D eigenvalue weighted by atomic mass is 15.1. The second-order valence-electron chi connectivity index (χ2n) is 4.12. The Morgan fingerprint density at radius 1 is 1.43 bits per heavy atom. The van der Waals surface area contributed by atoms with Gasteiger partial charge in [-0.2, -0.15) is 0 Å². The third kappa shape index (κ3) is 3.41. The predicted octanol–water partition coefficient (Wildman–Crippen LogP) is 3.61. The molecule has 0 saturated heterocycles. The summed E-state index contributed by atoms with van der Waals surface area (Å²) >= 11 is 0. The summed E-state index contributed by atoms with van der Waals surface area (Å²) in [4.78, 5) is 2.10. The van der Waals surface area contributed by atoms with Crippen LogP contribution < -0.4 is 0 Å². The van der Waals surface area contributed by atoms with Crippen LogP contribution in [0, 0.1) is 5.41 Å². The molecule has 0 radical (unpaired) electrons. The van der Waals surface area contributed by atoms with Crippen LogP contribution in [0.5, 0.6) is 0 Å². The summed E-state index contributed by atoms with van der Waals surface area (Å²) < 4.78 is 0. The highest BCUT2D eigenvalue weighted by Crippen LogP contribution is 2.34. The number of hydrogen-bond donors (Lipinski definition) is 0. The molecule has 1 unspecified atom stereocenters. The van der Waals surface area contributed by atoms with E-state index >= 15 is 0 Å². The number of hydrogen-bond acceptors (Lipinski definition) is 1. The molecule has 0 aliphatic carbocycles. The molecule has 1 nitrogen and oxygen atoms in total. The van der Waals surface area contributed by atoms with Gasteiger partial charge in [-0.15, -0.1) is 0 Å². The zero-order valence-electron chi connectivity index (χ0n) is 10.0. The zero-order valence-corrected chi connectivity index (χ0v) is 10.0. The minimum absolute atomic E-state index is 0.170. The summed E-state index contributed by atoms with van der Waals surface area (Å²) in [6.07, 6.45) is 8.09. The molecule has 0 spiro atoms. The molecule has 14 heavy (non-hydrogen) atoms. The van der Waals surface area contributed by atoms with Crippen molar-refractivity contribution in [3.8, 4) is 0 Å². The molecular weight excluding hydrogens is 170 g/mol. The maximum atomic E-state index is 4.14. The van der Waals surface area contributed by atoms with Crippen molar-refractivity contribution < 1.29 is 0 Å². The Morgan fingerprint density at radius 2 is 2.00 bits per heavy atom. The van der Waals surface area contributed by atoms with E-state index in [2.05, 4.69) is 38.0 Å². The lowest BCUT2D eigenvalue weighted by molar-refractivity contribution is 0.294. The van der Waals surface area contributed by atoms with Crippen LogP contribution in [0.4, 0.5) is 0 Å². The quantitative estimate of drug-likeness (QED) is 0.582. The smallest absolute Gasteiger partial charge is 0.0118 e. The minimum Gasteiger partial charge on any atom is -0.381 e. The van der Waals surface area contributed by atoms with E-state index in [0.29, 0.717) is 0 Å². The van der Waals surface area contributed by atoms with E-state index in [0.717, 1.165) is 12.8 Å². The number of allylic oxidation sites excluding steroid dienone is 4. The average Bonchev–Trinajstić information content (AvgIpc) is 2.16. The van der Waals surface area contributed by atoms with Crippen LogP contribution >= 0.6 is 0 Å². The van der Waals surface area contributed by atoms with Gasteiger partial charge in [-0.25, -0.2) is 0 Å². The van der Waals surface area contributed by atoms with Crippen LogP contribution in [0.2, 0.25) is 0 Å². The first-order valence-electron chi connectivity index (χ1n) is 5.12. The zero-order chi connectivity index (χ0) is 11.2. The fraction of sp³-hybridized carbons (Fsp3) is 0.538. The third-order valence-electron chi connectivity index (χ3n) is 2.86. The molecule has 0 fully saturated rings. The molecule has 1 heteroatoms. The highest BCUT2D eigenvalue weighted by Gasteiger charge is 2.25. The van der Waals surface area contributed by atoms with Crippen molar-refractivity contribution in [2.75, 3.05) is 14.1 Å². The van der Waals surface area contributed by atoms with Gasteiger partial charge in [0.1, 0.15) is 0 Å². The van der Waals surface area contributed by atoms with Crippen molar-refractivity contribution in [1.82, 2.24) is 4.90 Å². The van der Waals surface area contributed by atoms with Crippen LogP contribution in [0.1, 0.15) is 26.7 Å². The molecule has 0 heterocycles. The second-order valence-corrected chi connectivity index (χ2v) is 4.12. The maximum absolute atomic E-state index is 4.14. The monoisotopic (exact) mass is 193 g/mol. The molecule has 0 amide bonds. The summed E-state index contributed by atoms with van der Waals surface area (Å²) in [5, 5.41) is 0. The fourth-order valence-electron chi connectivity index (χ4n) is 1.43. The Bertz CT molecular complexity index is 225. The maximum Gasteiger partial charge on any atom is 0.0118 e. The summed E-state index contributed by atoms with van der Waals surface area (Å²) in [7, 11) is 4.10. The average molecular weight is 193 g/mol. The topological polar surface area (TPSA) is 3.24 Å². The van der Waals surface area contributed by atoms with Crippen molar-refractivity contribution in [1.29, 1.82) is 0 Å². The van der Waals surface area contributed by atoms with E-state index in [1.54, 1.807) is 0 Å². The summed E-state index contributed by atoms with van der Waals surface area (Å²) in [6, 6.07) is 0. The van der Waals surface area contributed by atoms with E-state index in [1.165, 1.54) is 5.70 Å². The Balaban J connectivity index is 4.54. The number of rotatable bonds is 6. The Labute approximate surface area is 88.8 Å². The van der Waals surface area contributed by atoms with Crippen LogP contribution in [-0.4, -0.2) is 19.0 Å². The molecule has 0 aromatic rings. The molecule has 0 aromatic heterocycles. The molecule has 80 valence electrons. The van der Waals surface area contributed by atoms with Gasteiger partial charge < -0.3 is 4.90 Å². The molecular formula is C13H23N. The lowest BCUT2D eigenvalue weighted by atomic mass is 9.80. The van der Waals surface area contributed by atoms with Gasteiger partial charge in [-0.05, 0) is 12.8 Å². The standard InChI is InChI=1S/C13H23N/c1-7-9-10-11-13(4,8-2)12(3)14(5)6/h7,9-10H,1,3,8,11H2,2,4-6H3. The molecule has 1 atom stereocenters. The lowest BCUT2D eigenvalue weighted by Gasteiger charge is -2.34. The minimum atomic E-state index is 0.170. The van der Waals surface area contributed by atoms with Gasteiger partial charge in [0.05, 0.1) is 0 Å². The first-order valence-corrected chi connectivity index (χ1v) is 5.12. The first kappa shape index (κ1) is 13.0. The SMILES string of the molecule is C=CC=CCC(C)(CC)C(=C)N(C)C. The highest BCUT2D eigenvalue weighted by molar-refractivity contribution is 5.10. The van der Waals surface area contributed by atoms with Gasteiger partial charge in [0.15, 0.2) is 0 Å². The normalized spacial score (nSPS) is 15.1. The molecule has 0 saturated carbocycles. The molecule has 0 aromatic carbocycles. The summed E-state index contributed by atoms with van der Waals surface area (Å²) in [6.45, 7) is 12.3. The van der Waals surface area contributed by atoms with E-state index < -0.39 is 0 Å². The van der Waals surface area contributed by atoms with Gasteiger partial charge in [0.2, 0.25) is 0 Å². The summed E-state index contributed by atoms with van der Waals surface area (Å²) in [5.74, 6) is 0. The van der Waals surface area contributed by atoms with E-state index in [1.807, 2.05) is 26.2 Å². The molecule has 0 aliphatic rings. The Kier molecular flexibility index (Phi) is 5.29. The van der Waals surface area contributed by atoms with Crippen molar-refractivity contribution >= 4 is 0 Å². The molecule has 0 rings (SSSR count). The fourth-order valence-corrected chi connectivity index (χ4v) is 1.43. The Morgan fingerprint density at radius 3 is 2.36 bits per heavy atom. The molecule has 0 bridgehead atoms. The van der Waals surface area contributed by atoms with E-state index in [9.17, 15) is 0 Å². The van der Waals surface area contributed by atoms with Gasteiger partial charge >= 0.3 is 0 Å². The van der Waals surface area contributed by atoms with Crippen molar-refractivity contribution in [2.24, 2.45) is 5.41 Å². The first-order chi connectivity index (χ1) is 6.48. The van der Waals surface area contributed by atoms with Gasteiger partial charge in [0.25, 0.3) is 0 Å².